The molecule has 0 fully saturated rings. The third kappa shape index (κ3) is 3.89. The molecule has 0 spiro atoms. The van der Waals surface area contributed by atoms with Crippen LogP contribution < -0.4 is 0 Å². The Hall–Kier alpha value is -1.97. The Balaban J connectivity index is 0.000000980. The molecule has 5 radical (unpaired) electrons. The van der Waals surface area contributed by atoms with E-state index in [1.165, 1.54) is 0 Å². The van der Waals surface area contributed by atoms with Gasteiger partial charge in [-0.15, -0.1) is 0 Å². The topological polar surface area (TPSA) is 57.4 Å². The normalized spacial score (nSPS) is 11.7. The molecule has 2 N–H and O–H groups in total. The third-order valence-corrected chi connectivity index (χ3v) is 4.04. The van der Waals surface area contributed by atoms with Crippen molar-refractivity contribution in [1.29, 1.82) is 0 Å². The molecule has 0 saturated heterocycles. The van der Waals surface area contributed by atoms with E-state index in [1.807, 2.05) is 42.5 Å². The summed E-state index contributed by atoms with van der Waals surface area (Å²) in [5, 5.41) is 0. The fraction of sp³-hybridized carbons (Fsp3) is 0. The van der Waals surface area contributed by atoms with Crippen molar-refractivity contribution in [2.24, 2.45) is 0 Å². The number of nitrogens with zero attached hydrogens (tertiary/aromatic N) is 2. The molecular weight excluding hydrogens is 562 g/mol. The van der Waals surface area contributed by atoms with Gasteiger partial charge in [0, 0.05) is 66.1 Å². The number of aromatic nitrogens is 4. The molecule has 6 heteroatoms. The molecule has 0 unspecified atom stereocenters. The van der Waals surface area contributed by atoms with Gasteiger partial charge in [-0.25, -0.2) is 9.97 Å². The number of aromatic amines is 2. The van der Waals surface area contributed by atoms with Gasteiger partial charge in [0.25, 0.3) is 0 Å². The maximum absolute atomic E-state index is 4.62. The standard InChI is InChI=1S/C20H14N4.Co.Pb/c1-2-14-10-16-5-6-18(23-16)12-20-8-7-19(24-20)11-17-4-3-15(22-17)9-13(1)21-14;;/h1-12,21-22H;;. The van der Waals surface area contributed by atoms with Crippen molar-refractivity contribution in [3.8, 4) is 0 Å². The molecule has 5 rings (SSSR count). The van der Waals surface area contributed by atoms with Gasteiger partial charge in [-0.05, 0) is 72.8 Å². The number of nitrogens with one attached hydrogen (secondary N) is 2. The molecule has 26 heavy (non-hydrogen) atoms. The predicted octanol–water partition coefficient (Wildman–Crippen LogP) is 4.27. The Morgan fingerprint density at radius 3 is 1.27 bits per heavy atom. The molecule has 127 valence electrons. The SMILES string of the molecule is C1=Cc2cc3ccc(cc4ccc(cc5nc(cc1n2)C=C5)[nH]4)[nH]3.[Co].[Pb]. The van der Waals surface area contributed by atoms with E-state index in [-0.39, 0.29) is 44.1 Å². The molecule has 0 saturated carbocycles. The monoisotopic (exact) mass is 577 g/mol. The first kappa shape index (κ1) is 18.8. The second kappa shape index (κ2) is 7.73. The molecule has 2 aliphatic heterocycles. The molecule has 4 nitrogen and oxygen atoms in total. The molecule has 0 amide bonds. The molecule has 2 aliphatic rings. The first-order chi connectivity index (χ1) is 11.8. The minimum atomic E-state index is 0. The number of H-pyrrole nitrogens is 2. The largest absolute Gasteiger partial charge is 0.355 e. The smallest absolute Gasteiger partial charge is 0.0659 e. The van der Waals surface area contributed by atoms with Crippen LogP contribution in [-0.4, -0.2) is 47.2 Å². The van der Waals surface area contributed by atoms with Crippen LogP contribution in [0.5, 0.6) is 0 Å². The summed E-state index contributed by atoms with van der Waals surface area (Å²) in [5.41, 5.74) is 7.86. The minimum absolute atomic E-state index is 0. The number of hydrogen-bond donors (Lipinski definition) is 2. The second-order valence-corrected chi connectivity index (χ2v) is 5.91. The van der Waals surface area contributed by atoms with Crippen LogP contribution in [0, 0.1) is 0 Å². The zero-order chi connectivity index (χ0) is 15.9. The summed E-state index contributed by atoms with van der Waals surface area (Å²) in [6.45, 7) is 0. The van der Waals surface area contributed by atoms with Crippen LogP contribution in [0.15, 0.2) is 48.5 Å². The summed E-state index contributed by atoms with van der Waals surface area (Å²) in [7, 11) is 0. The number of hydrogen-bond acceptors (Lipinski definition) is 2. The Bertz CT molecular complexity index is 1080. The fourth-order valence-electron chi connectivity index (χ4n) is 2.94. The Labute approximate surface area is 180 Å². The van der Waals surface area contributed by atoms with Crippen LogP contribution in [0.4, 0.5) is 0 Å². The molecule has 0 aliphatic carbocycles. The van der Waals surface area contributed by atoms with Gasteiger partial charge in [0.1, 0.15) is 0 Å². The van der Waals surface area contributed by atoms with Gasteiger partial charge in [-0.2, -0.15) is 0 Å². The molecule has 3 aromatic rings. The van der Waals surface area contributed by atoms with Crippen molar-refractivity contribution in [2.75, 3.05) is 0 Å². The quantitative estimate of drug-likeness (QED) is 0.271. The zero-order valence-corrected chi connectivity index (χ0v) is 18.6. The van der Waals surface area contributed by atoms with Crippen molar-refractivity contribution >= 4 is 73.7 Å². The molecule has 0 aromatic carbocycles. The first-order valence-electron chi connectivity index (χ1n) is 7.85. The van der Waals surface area contributed by atoms with E-state index < -0.39 is 0 Å². The van der Waals surface area contributed by atoms with E-state index >= 15 is 0 Å². The van der Waals surface area contributed by atoms with Crippen molar-refractivity contribution in [2.45, 2.75) is 0 Å². The Morgan fingerprint density at radius 2 is 0.846 bits per heavy atom. The summed E-state index contributed by atoms with van der Waals surface area (Å²) in [4.78, 5) is 16.0. The van der Waals surface area contributed by atoms with Gasteiger partial charge in [-0.1, -0.05) is 0 Å². The van der Waals surface area contributed by atoms with Gasteiger partial charge in [-0.3, -0.25) is 0 Å². The maximum Gasteiger partial charge on any atom is 0.0659 e. The van der Waals surface area contributed by atoms with Crippen LogP contribution in [-0.2, 0) is 16.8 Å². The first-order valence-corrected chi connectivity index (χ1v) is 7.85. The molecule has 5 heterocycles. The van der Waals surface area contributed by atoms with Crippen LogP contribution in [0.25, 0.3) is 46.4 Å². The van der Waals surface area contributed by atoms with Crippen LogP contribution in [0.1, 0.15) is 22.8 Å². The van der Waals surface area contributed by atoms with Gasteiger partial charge >= 0.3 is 0 Å². The minimum Gasteiger partial charge on any atom is -0.355 e. The van der Waals surface area contributed by atoms with Crippen molar-refractivity contribution in [1.82, 2.24) is 19.9 Å². The average Bonchev–Trinajstić information content (AvgIpc) is 3.32. The zero-order valence-electron chi connectivity index (χ0n) is 13.7. The van der Waals surface area contributed by atoms with E-state index in [2.05, 4.69) is 50.3 Å². The summed E-state index contributed by atoms with van der Waals surface area (Å²) in [5.74, 6) is 0. The van der Waals surface area contributed by atoms with Gasteiger partial charge in [0.2, 0.25) is 0 Å². The third-order valence-electron chi connectivity index (χ3n) is 4.04. The Morgan fingerprint density at radius 1 is 0.500 bits per heavy atom. The van der Waals surface area contributed by atoms with E-state index in [0.29, 0.717) is 0 Å². The van der Waals surface area contributed by atoms with Gasteiger partial charge in [0.05, 0.1) is 22.8 Å². The summed E-state index contributed by atoms with van der Waals surface area (Å²) < 4.78 is 0. The van der Waals surface area contributed by atoms with Gasteiger partial charge in [0.15, 0.2) is 0 Å². The van der Waals surface area contributed by atoms with E-state index in [9.17, 15) is 0 Å². The Kier molecular flexibility index (Phi) is 5.59. The molecule has 0 atom stereocenters. The summed E-state index contributed by atoms with van der Waals surface area (Å²) in [6.07, 6.45) is 8.05. The van der Waals surface area contributed by atoms with E-state index in [4.69, 9.17) is 0 Å². The second-order valence-electron chi connectivity index (χ2n) is 5.91. The van der Waals surface area contributed by atoms with E-state index in [0.717, 1.165) is 44.8 Å². The fourth-order valence-corrected chi connectivity index (χ4v) is 2.94. The molecule has 8 bridgehead atoms. The van der Waals surface area contributed by atoms with Crippen molar-refractivity contribution in [3.63, 3.8) is 0 Å². The summed E-state index contributed by atoms with van der Waals surface area (Å²) in [6, 6.07) is 16.4. The molecule has 3 aromatic heterocycles. The van der Waals surface area contributed by atoms with Crippen LogP contribution in [0.2, 0.25) is 0 Å². The summed E-state index contributed by atoms with van der Waals surface area (Å²) >= 11 is 0. The maximum atomic E-state index is 4.62. The average molecular weight is 576 g/mol. The van der Waals surface area contributed by atoms with E-state index in [1.54, 1.807) is 0 Å². The van der Waals surface area contributed by atoms with Crippen molar-refractivity contribution < 1.29 is 16.8 Å². The predicted molar refractivity (Wildman–Crippen MR) is 105 cm³/mol. The van der Waals surface area contributed by atoms with Crippen LogP contribution in [0.3, 0.4) is 0 Å². The van der Waals surface area contributed by atoms with Crippen LogP contribution >= 0.6 is 0 Å². The number of fused-ring (bicyclic) bond motifs is 8. The number of rotatable bonds is 0. The van der Waals surface area contributed by atoms with Crippen molar-refractivity contribution in [3.05, 3.63) is 71.3 Å². The van der Waals surface area contributed by atoms with Gasteiger partial charge < -0.3 is 9.97 Å². The molecular formula is C20H14CoN4Pb.